The SMILES string of the molecule is COCCNC/C(=C\O)COC=O. The van der Waals surface area contributed by atoms with E-state index in [0.29, 0.717) is 31.7 Å². The van der Waals surface area contributed by atoms with Gasteiger partial charge in [0.25, 0.3) is 6.47 Å². The number of methoxy groups -OCH3 is 1. The number of carbonyl (C=O) groups excluding carboxylic acids is 1. The molecular formula is C8H15NO4. The quantitative estimate of drug-likeness (QED) is 0.315. The number of hydrogen-bond acceptors (Lipinski definition) is 5. The number of aliphatic hydroxyl groups excluding tert-OH is 1. The zero-order valence-corrected chi connectivity index (χ0v) is 7.66. The van der Waals surface area contributed by atoms with E-state index in [1.54, 1.807) is 7.11 Å². The molecule has 0 spiro atoms. The van der Waals surface area contributed by atoms with E-state index in [1.165, 1.54) is 0 Å². The van der Waals surface area contributed by atoms with Crippen molar-refractivity contribution in [1.82, 2.24) is 5.32 Å². The normalized spacial score (nSPS) is 11.3. The van der Waals surface area contributed by atoms with Gasteiger partial charge in [0.05, 0.1) is 12.9 Å². The van der Waals surface area contributed by atoms with Crippen LogP contribution < -0.4 is 5.32 Å². The zero-order chi connectivity index (χ0) is 9.94. The van der Waals surface area contributed by atoms with Gasteiger partial charge in [0.1, 0.15) is 6.61 Å². The Morgan fingerprint density at radius 3 is 2.92 bits per heavy atom. The van der Waals surface area contributed by atoms with Gasteiger partial charge < -0.3 is 19.9 Å². The number of carbonyl (C=O) groups is 1. The van der Waals surface area contributed by atoms with Crippen LogP contribution in [0.15, 0.2) is 11.8 Å². The third kappa shape index (κ3) is 7.30. The number of rotatable bonds is 8. The van der Waals surface area contributed by atoms with Crippen LogP contribution in [0.5, 0.6) is 0 Å². The summed E-state index contributed by atoms with van der Waals surface area (Å²) in [5.41, 5.74) is 0.614. The second kappa shape index (κ2) is 9.02. The van der Waals surface area contributed by atoms with Gasteiger partial charge in [-0.15, -0.1) is 0 Å². The summed E-state index contributed by atoms with van der Waals surface area (Å²) in [7, 11) is 1.61. The van der Waals surface area contributed by atoms with Crippen molar-refractivity contribution in [2.24, 2.45) is 0 Å². The Morgan fingerprint density at radius 1 is 1.62 bits per heavy atom. The third-order valence-corrected chi connectivity index (χ3v) is 1.35. The minimum absolute atomic E-state index is 0.111. The lowest BCUT2D eigenvalue weighted by atomic mass is 10.3. The fourth-order valence-corrected chi connectivity index (χ4v) is 0.698. The summed E-state index contributed by atoms with van der Waals surface area (Å²) in [5, 5.41) is 11.7. The summed E-state index contributed by atoms with van der Waals surface area (Å²) >= 11 is 0. The Bertz CT molecular complexity index is 158. The van der Waals surface area contributed by atoms with Gasteiger partial charge in [-0.1, -0.05) is 0 Å². The van der Waals surface area contributed by atoms with Crippen LogP contribution in [0.2, 0.25) is 0 Å². The molecule has 0 amide bonds. The van der Waals surface area contributed by atoms with Crippen molar-refractivity contribution in [1.29, 1.82) is 0 Å². The molecule has 5 heteroatoms. The van der Waals surface area contributed by atoms with Gasteiger partial charge in [-0.2, -0.15) is 0 Å². The highest BCUT2D eigenvalue weighted by Crippen LogP contribution is 1.90. The van der Waals surface area contributed by atoms with Crippen LogP contribution >= 0.6 is 0 Å². The third-order valence-electron chi connectivity index (χ3n) is 1.35. The molecule has 0 bridgehead atoms. The molecule has 0 aliphatic heterocycles. The van der Waals surface area contributed by atoms with Gasteiger partial charge in [-0.3, -0.25) is 4.79 Å². The molecule has 0 saturated heterocycles. The van der Waals surface area contributed by atoms with Gasteiger partial charge in [0, 0.05) is 25.8 Å². The lowest BCUT2D eigenvalue weighted by molar-refractivity contribution is -0.127. The topological polar surface area (TPSA) is 67.8 Å². The summed E-state index contributed by atoms with van der Waals surface area (Å²) < 4.78 is 9.27. The van der Waals surface area contributed by atoms with Crippen molar-refractivity contribution in [3.8, 4) is 0 Å². The number of ether oxygens (including phenoxy) is 2. The predicted octanol–water partition coefficient (Wildman–Crippen LogP) is -0.163. The molecule has 0 fully saturated rings. The molecule has 0 rings (SSSR count). The van der Waals surface area contributed by atoms with Crippen LogP contribution in [-0.4, -0.2) is 45.0 Å². The average molecular weight is 189 g/mol. The summed E-state index contributed by atoms with van der Waals surface area (Å²) in [5.74, 6) is 0. The molecule has 0 heterocycles. The molecule has 0 aromatic heterocycles. The van der Waals surface area contributed by atoms with E-state index in [4.69, 9.17) is 9.84 Å². The first kappa shape index (κ1) is 11.9. The van der Waals surface area contributed by atoms with Gasteiger partial charge >= 0.3 is 0 Å². The maximum atomic E-state index is 9.83. The van der Waals surface area contributed by atoms with Crippen LogP contribution in [0, 0.1) is 0 Å². The molecule has 13 heavy (non-hydrogen) atoms. The van der Waals surface area contributed by atoms with Crippen molar-refractivity contribution in [2.75, 3.05) is 33.4 Å². The molecule has 0 atom stereocenters. The van der Waals surface area contributed by atoms with Crippen LogP contribution in [0.1, 0.15) is 0 Å². The molecule has 76 valence electrons. The van der Waals surface area contributed by atoms with Gasteiger partial charge in [0.2, 0.25) is 0 Å². The molecule has 0 unspecified atom stereocenters. The fourth-order valence-electron chi connectivity index (χ4n) is 0.698. The molecule has 0 aliphatic rings. The van der Waals surface area contributed by atoms with Gasteiger partial charge in [-0.25, -0.2) is 0 Å². The Balaban J connectivity index is 3.43. The first-order chi connectivity index (χ1) is 6.35. The van der Waals surface area contributed by atoms with Crippen molar-refractivity contribution in [3.05, 3.63) is 11.8 Å². The van der Waals surface area contributed by atoms with E-state index in [2.05, 4.69) is 10.1 Å². The maximum Gasteiger partial charge on any atom is 0.293 e. The first-order valence-electron chi connectivity index (χ1n) is 3.92. The van der Waals surface area contributed by atoms with Gasteiger partial charge in [-0.05, 0) is 0 Å². The minimum atomic E-state index is 0.111. The van der Waals surface area contributed by atoms with Crippen molar-refractivity contribution in [2.45, 2.75) is 0 Å². The van der Waals surface area contributed by atoms with Crippen molar-refractivity contribution in [3.63, 3.8) is 0 Å². The number of hydrogen-bond donors (Lipinski definition) is 2. The summed E-state index contributed by atoms with van der Waals surface area (Å²) in [6.45, 7) is 2.23. The number of aliphatic hydroxyl groups is 1. The Hall–Kier alpha value is -1.07. The minimum Gasteiger partial charge on any atom is -0.515 e. The lowest BCUT2D eigenvalue weighted by Gasteiger charge is -2.06. The predicted molar refractivity (Wildman–Crippen MR) is 47.5 cm³/mol. The number of nitrogens with one attached hydrogen (secondary N) is 1. The molecule has 2 N–H and O–H groups in total. The summed E-state index contributed by atoms with van der Waals surface area (Å²) in [6, 6.07) is 0. The molecule has 0 saturated carbocycles. The van der Waals surface area contributed by atoms with Crippen LogP contribution in [-0.2, 0) is 14.3 Å². The second-order valence-corrected chi connectivity index (χ2v) is 2.36. The Labute approximate surface area is 77.3 Å². The van der Waals surface area contributed by atoms with Crippen LogP contribution in [0.4, 0.5) is 0 Å². The molecule has 0 aliphatic carbocycles. The van der Waals surface area contributed by atoms with E-state index in [1.807, 2.05) is 0 Å². The van der Waals surface area contributed by atoms with E-state index in [9.17, 15) is 4.79 Å². The highest BCUT2D eigenvalue weighted by Gasteiger charge is 1.96. The highest BCUT2D eigenvalue weighted by molar-refractivity contribution is 5.37. The van der Waals surface area contributed by atoms with Crippen LogP contribution in [0.3, 0.4) is 0 Å². The fraction of sp³-hybridized carbons (Fsp3) is 0.625. The van der Waals surface area contributed by atoms with Crippen LogP contribution in [0.25, 0.3) is 0 Å². The average Bonchev–Trinajstić information content (AvgIpc) is 2.17. The largest absolute Gasteiger partial charge is 0.515 e. The second-order valence-electron chi connectivity index (χ2n) is 2.36. The molecule has 5 nitrogen and oxygen atoms in total. The maximum absolute atomic E-state index is 9.83. The monoisotopic (exact) mass is 189 g/mol. The Kier molecular flexibility index (Phi) is 8.28. The summed E-state index contributed by atoms with van der Waals surface area (Å²) in [6.07, 6.45) is 0.934. The smallest absolute Gasteiger partial charge is 0.293 e. The molecule has 0 aromatic carbocycles. The van der Waals surface area contributed by atoms with E-state index < -0.39 is 0 Å². The molecule has 0 aromatic rings. The van der Waals surface area contributed by atoms with Crippen molar-refractivity contribution < 1.29 is 19.4 Å². The molecule has 0 radical (unpaired) electrons. The lowest BCUT2D eigenvalue weighted by Crippen LogP contribution is -2.23. The zero-order valence-electron chi connectivity index (χ0n) is 7.66. The summed E-state index contributed by atoms with van der Waals surface area (Å²) in [4.78, 5) is 9.83. The first-order valence-corrected chi connectivity index (χ1v) is 3.92. The van der Waals surface area contributed by atoms with E-state index in [-0.39, 0.29) is 6.61 Å². The van der Waals surface area contributed by atoms with Gasteiger partial charge in [0.15, 0.2) is 0 Å². The van der Waals surface area contributed by atoms with E-state index >= 15 is 0 Å². The standard InChI is InChI=1S/C8H15NO4/c1-12-3-2-9-4-8(5-10)6-13-7-11/h5,7,9-10H,2-4,6H2,1H3/b8-5+. The van der Waals surface area contributed by atoms with E-state index in [0.717, 1.165) is 6.26 Å². The highest BCUT2D eigenvalue weighted by atomic mass is 16.5. The van der Waals surface area contributed by atoms with Crippen molar-refractivity contribution >= 4 is 6.47 Å². The molecular weight excluding hydrogens is 174 g/mol. The Morgan fingerprint density at radius 2 is 2.38 bits per heavy atom.